The Morgan fingerprint density at radius 1 is 1.39 bits per heavy atom. The number of nitrogens with zero attached hydrogens (tertiary/aromatic N) is 1. The Morgan fingerprint density at radius 3 is 2.89 bits per heavy atom. The van der Waals surface area contributed by atoms with E-state index in [1.54, 1.807) is 12.3 Å². The van der Waals surface area contributed by atoms with Crippen LogP contribution in [-0.4, -0.2) is 28.6 Å². The molecule has 2 N–H and O–H groups in total. The van der Waals surface area contributed by atoms with E-state index in [4.69, 9.17) is 5.11 Å². The third-order valence-electron chi connectivity index (χ3n) is 2.94. The van der Waals surface area contributed by atoms with Crippen molar-refractivity contribution in [3.63, 3.8) is 0 Å². The quantitative estimate of drug-likeness (QED) is 0.861. The van der Waals surface area contributed by atoms with Crippen LogP contribution in [-0.2, 0) is 0 Å². The fraction of sp³-hybridized carbons (Fsp3) is 0.286. The molecule has 0 radical (unpaired) electrons. The minimum atomic E-state index is -0.204. The summed E-state index contributed by atoms with van der Waals surface area (Å²) in [4.78, 5) is 16.4. The first-order valence-corrected chi connectivity index (χ1v) is 6.01. The average molecular weight is 244 g/mol. The van der Waals surface area contributed by atoms with Crippen LogP contribution in [0, 0.1) is 0 Å². The highest BCUT2D eigenvalue weighted by atomic mass is 16.3. The molecule has 0 bridgehead atoms. The number of rotatable bonds is 4. The summed E-state index contributed by atoms with van der Waals surface area (Å²) in [6.45, 7) is 1.87. The van der Waals surface area contributed by atoms with E-state index in [1.165, 1.54) is 0 Å². The number of benzene rings is 1. The lowest BCUT2D eigenvalue weighted by Gasteiger charge is -2.14. The highest BCUT2D eigenvalue weighted by Crippen LogP contribution is 2.16. The third-order valence-corrected chi connectivity index (χ3v) is 2.94. The summed E-state index contributed by atoms with van der Waals surface area (Å²) >= 11 is 0. The van der Waals surface area contributed by atoms with E-state index in [2.05, 4.69) is 10.3 Å². The van der Waals surface area contributed by atoms with E-state index >= 15 is 0 Å². The number of aromatic nitrogens is 1. The number of amides is 1. The molecular formula is C14H16N2O2. The van der Waals surface area contributed by atoms with Gasteiger partial charge >= 0.3 is 0 Å². The maximum atomic E-state index is 12.1. The van der Waals surface area contributed by atoms with E-state index in [-0.39, 0.29) is 18.6 Å². The Labute approximate surface area is 106 Å². The second-order valence-electron chi connectivity index (χ2n) is 4.14. The van der Waals surface area contributed by atoms with E-state index in [1.807, 2.05) is 31.2 Å². The molecule has 0 aliphatic carbocycles. The minimum Gasteiger partial charge on any atom is -0.394 e. The van der Waals surface area contributed by atoms with E-state index in [0.717, 1.165) is 10.9 Å². The monoisotopic (exact) mass is 244 g/mol. The van der Waals surface area contributed by atoms with Crippen LogP contribution in [0.5, 0.6) is 0 Å². The topological polar surface area (TPSA) is 62.2 Å². The standard InChI is InChI=1S/C14H16N2O2/c1-2-10(9-17)16-14(18)12-7-8-15-13-6-4-3-5-11(12)13/h3-8,10,17H,2,9H2,1H3,(H,16,18). The number of hydrogen-bond donors (Lipinski definition) is 2. The van der Waals surface area contributed by atoms with Gasteiger partial charge in [0.25, 0.3) is 5.91 Å². The van der Waals surface area contributed by atoms with E-state index in [9.17, 15) is 4.79 Å². The van der Waals surface area contributed by atoms with Crippen molar-refractivity contribution < 1.29 is 9.90 Å². The lowest BCUT2D eigenvalue weighted by atomic mass is 10.1. The first-order valence-electron chi connectivity index (χ1n) is 6.01. The van der Waals surface area contributed by atoms with Crippen LogP contribution in [0.3, 0.4) is 0 Å². The van der Waals surface area contributed by atoms with Gasteiger partial charge in [-0.2, -0.15) is 0 Å². The zero-order valence-corrected chi connectivity index (χ0v) is 10.3. The van der Waals surface area contributed by atoms with Gasteiger partial charge in [0.1, 0.15) is 0 Å². The molecule has 1 aromatic carbocycles. The summed E-state index contributed by atoms with van der Waals surface area (Å²) in [6, 6.07) is 9.00. The van der Waals surface area contributed by atoms with Gasteiger partial charge in [0, 0.05) is 11.6 Å². The van der Waals surface area contributed by atoms with Gasteiger partial charge in [-0.05, 0) is 18.6 Å². The van der Waals surface area contributed by atoms with Crippen molar-refractivity contribution in [2.45, 2.75) is 19.4 Å². The molecule has 2 rings (SSSR count). The maximum absolute atomic E-state index is 12.1. The predicted molar refractivity (Wildman–Crippen MR) is 70.4 cm³/mol. The molecule has 1 unspecified atom stereocenters. The Morgan fingerprint density at radius 2 is 2.17 bits per heavy atom. The first kappa shape index (κ1) is 12.5. The first-order chi connectivity index (χ1) is 8.76. The molecule has 1 heterocycles. The molecule has 0 spiro atoms. The summed E-state index contributed by atoms with van der Waals surface area (Å²) in [7, 11) is 0. The van der Waals surface area contributed by atoms with Crippen molar-refractivity contribution in [1.82, 2.24) is 10.3 Å². The lowest BCUT2D eigenvalue weighted by Crippen LogP contribution is -2.37. The molecule has 0 aliphatic rings. The number of nitrogens with one attached hydrogen (secondary N) is 1. The lowest BCUT2D eigenvalue weighted by molar-refractivity contribution is 0.0916. The van der Waals surface area contributed by atoms with Crippen molar-refractivity contribution >= 4 is 16.8 Å². The Bertz CT molecular complexity index is 545. The van der Waals surface area contributed by atoms with Crippen molar-refractivity contribution in [1.29, 1.82) is 0 Å². The number of hydrogen-bond acceptors (Lipinski definition) is 3. The third kappa shape index (κ3) is 2.49. The van der Waals surface area contributed by atoms with Gasteiger partial charge in [-0.15, -0.1) is 0 Å². The van der Waals surface area contributed by atoms with Crippen LogP contribution in [0.1, 0.15) is 23.7 Å². The average Bonchev–Trinajstić information content (AvgIpc) is 2.43. The number of fused-ring (bicyclic) bond motifs is 1. The Kier molecular flexibility index (Phi) is 3.89. The van der Waals surface area contributed by atoms with Gasteiger partial charge in [0.2, 0.25) is 0 Å². The molecule has 2 aromatic rings. The van der Waals surface area contributed by atoms with Crippen LogP contribution in [0.4, 0.5) is 0 Å². The van der Waals surface area contributed by atoms with Crippen LogP contribution in [0.2, 0.25) is 0 Å². The molecule has 1 aromatic heterocycles. The zero-order chi connectivity index (χ0) is 13.0. The molecule has 18 heavy (non-hydrogen) atoms. The molecule has 0 saturated carbocycles. The second kappa shape index (κ2) is 5.60. The Balaban J connectivity index is 2.33. The minimum absolute atomic E-state index is 0.0503. The normalized spacial score (nSPS) is 12.3. The molecule has 4 nitrogen and oxygen atoms in total. The fourth-order valence-corrected chi connectivity index (χ4v) is 1.83. The number of pyridine rings is 1. The van der Waals surface area contributed by atoms with Crippen LogP contribution in [0.25, 0.3) is 10.9 Å². The molecule has 1 atom stereocenters. The molecular weight excluding hydrogens is 228 g/mol. The summed E-state index contributed by atoms with van der Waals surface area (Å²) in [5.74, 6) is -0.172. The molecule has 94 valence electrons. The van der Waals surface area contributed by atoms with Gasteiger partial charge in [0.05, 0.1) is 23.7 Å². The predicted octanol–water partition coefficient (Wildman–Crippen LogP) is 1.74. The number of aliphatic hydroxyl groups is 1. The van der Waals surface area contributed by atoms with E-state index in [0.29, 0.717) is 12.0 Å². The Hall–Kier alpha value is -1.94. The summed E-state index contributed by atoms with van der Waals surface area (Å²) in [5, 5.41) is 12.7. The van der Waals surface area contributed by atoms with Gasteiger partial charge in [-0.1, -0.05) is 25.1 Å². The number of aliphatic hydroxyl groups excluding tert-OH is 1. The van der Waals surface area contributed by atoms with Crippen LogP contribution >= 0.6 is 0 Å². The fourth-order valence-electron chi connectivity index (χ4n) is 1.83. The second-order valence-corrected chi connectivity index (χ2v) is 4.14. The van der Waals surface area contributed by atoms with Crippen molar-refractivity contribution in [3.05, 3.63) is 42.1 Å². The van der Waals surface area contributed by atoms with E-state index < -0.39 is 0 Å². The van der Waals surface area contributed by atoms with Crippen molar-refractivity contribution in [2.75, 3.05) is 6.61 Å². The zero-order valence-electron chi connectivity index (χ0n) is 10.3. The van der Waals surface area contributed by atoms with Gasteiger partial charge in [0.15, 0.2) is 0 Å². The summed E-state index contributed by atoms with van der Waals surface area (Å²) in [6.07, 6.45) is 2.32. The number of carbonyl (C=O) groups excluding carboxylic acids is 1. The number of carbonyl (C=O) groups is 1. The molecule has 4 heteroatoms. The largest absolute Gasteiger partial charge is 0.394 e. The summed E-state index contributed by atoms with van der Waals surface area (Å²) < 4.78 is 0. The number of para-hydroxylation sites is 1. The van der Waals surface area contributed by atoms with Crippen LogP contribution in [0.15, 0.2) is 36.5 Å². The van der Waals surface area contributed by atoms with Crippen molar-refractivity contribution in [3.8, 4) is 0 Å². The summed E-state index contributed by atoms with van der Waals surface area (Å²) in [5.41, 5.74) is 1.38. The highest BCUT2D eigenvalue weighted by molar-refractivity contribution is 6.06. The smallest absolute Gasteiger partial charge is 0.252 e. The molecule has 1 amide bonds. The molecule has 0 saturated heterocycles. The molecule has 0 fully saturated rings. The van der Waals surface area contributed by atoms with Gasteiger partial charge in [-0.25, -0.2) is 0 Å². The van der Waals surface area contributed by atoms with Gasteiger partial charge < -0.3 is 10.4 Å². The van der Waals surface area contributed by atoms with Crippen molar-refractivity contribution in [2.24, 2.45) is 0 Å². The highest BCUT2D eigenvalue weighted by Gasteiger charge is 2.13. The van der Waals surface area contributed by atoms with Gasteiger partial charge in [-0.3, -0.25) is 9.78 Å². The SMILES string of the molecule is CCC(CO)NC(=O)c1ccnc2ccccc12. The maximum Gasteiger partial charge on any atom is 0.252 e. The molecule has 0 aliphatic heterocycles. The van der Waals surface area contributed by atoms with Crippen LogP contribution < -0.4 is 5.32 Å².